The summed E-state index contributed by atoms with van der Waals surface area (Å²) in [5.41, 5.74) is 2.28. The molecule has 0 aliphatic rings. The number of fused-ring (bicyclic) bond motifs is 3. The highest BCUT2D eigenvalue weighted by Crippen LogP contribution is 2.33. The van der Waals surface area contributed by atoms with Crippen LogP contribution in [-0.4, -0.2) is 37.0 Å². The quantitative estimate of drug-likeness (QED) is 0.719. The molecule has 0 radical (unpaired) electrons. The SMILES string of the molecule is CCOCc1nc2cnc3cccc(C(O)CC(C)(C)O)c3c2n1C. The Kier molecular flexibility index (Phi) is 4.77. The first-order chi connectivity index (χ1) is 11.8. The van der Waals surface area contributed by atoms with Crippen LogP contribution in [0.15, 0.2) is 24.4 Å². The van der Waals surface area contributed by atoms with Crippen LogP contribution < -0.4 is 0 Å². The van der Waals surface area contributed by atoms with Crippen molar-refractivity contribution in [1.29, 1.82) is 0 Å². The average molecular weight is 343 g/mol. The molecule has 2 N–H and O–H groups in total. The fourth-order valence-corrected chi connectivity index (χ4v) is 3.19. The third-order valence-corrected chi connectivity index (χ3v) is 4.34. The zero-order valence-corrected chi connectivity index (χ0v) is 15.2. The van der Waals surface area contributed by atoms with Gasteiger partial charge in [0.1, 0.15) is 17.9 Å². The monoisotopic (exact) mass is 343 g/mol. The molecule has 2 heterocycles. The third kappa shape index (κ3) is 3.51. The fourth-order valence-electron chi connectivity index (χ4n) is 3.19. The molecule has 0 saturated heterocycles. The van der Waals surface area contributed by atoms with Crippen LogP contribution in [0.4, 0.5) is 0 Å². The molecule has 0 amide bonds. The first kappa shape index (κ1) is 17.8. The Balaban J connectivity index is 2.21. The second kappa shape index (κ2) is 6.71. The van der Waals surface area contributed by atoms with E-state index < -0.39 is 11.7 Å². The number of rotatable bonds is 6. The third-order valence-electron chi connectivity index (χ3n) is 4.34. The predicted octanol–water partition coefficient (Wildman–Crippen LogP) is 2.85. The standard InChI is InChI=1S/C19H25N3O3/c1-5-25-11-16-21-14-10-20-13-8-6-7-12(15(23)9-19(2,3)24)17(13)18(14)22(16)4/h6-8,10,15,23-24H,5,9,11H2,1-4H3. The van der Waals surface area contributed by atoms with Crippen molar-refractivity contribution in [2.75, 3.05) is 6.61 Å². The largest absolute Gasteiger partial charge is 0.390 e. The van der Waals surface area contributed by atoms with E-state index in [0.717, 1.165) is 33.3 Å². The molecule has 0 aliphatic carbocycles. The fraction of sp³-hybridized carbons (Fsp3) is 0.474. The number of aliphatic hydroxyl groups is 2. The maximum absolute atomic E-state index is 10.7. The Morgan fingerprint density at radius 1 is 1.28 bits per heavy atom. The van der Waals surface area contributed by atoms with Crippen LogP contribution in [0.5, 0.6) is 0 Å². The normalized spacial score (nSPS) is 13.7. The molecule has 25 heavy (non-hydrogen) atoms. The molecule has 0 saturated carbocycles. The second-order valence-corrected chi connectivity index (χ2v) is 6.99. The molecule has 6 heteroatoms. The van der Waals surface area contributed by atoms with Crippen LogP contribution in [0, 0.1) is 0 Å². The molecule has 2 aromatic heterocycles. The van der Waals surface area contributed by atoms with Gasteiger partial charge in [-0.3, -0.25) is 4.98 Å². The van der Waals surface area contributed by atoms with Crippen molar-refractivity contribution in [2.45, 2.75) is 45.5 Å². The van der Waals surface area contributed by atoms with E-state index in [1.807, 2.05) is 36.7 Å². The van der Waals surface area contributed by atoms with Crippen molar-refractivity contribution in [2.24, 2.45) is 7.05 Å². The minimum atomic E-state index is -0.963. The molecule has 3 rings (SSSR count). The van der Waals surface area contributed by atoms with Gasteiger partial charge in [-0.1, -0.05) is 12.1 Å². The lowest BCUT2D eigenvalue weighted by molar-refractivity contribution is 0.0184. The Morgan fingerprint density at radius 2 is 2.04 bits per heavy atom. The van der Waals surface area contributed by atoms with Gasteiger partial charge < -0.3 is 19.5 Å². The lowest BCUT2D eigenvalue weighted by Crippen LogP contribution is -2.22. The van der Waals surface area contributed by atoms with Gasteiger partial charge in [-0.2, -0.15) is 0 Å². The van der Waals surface area contributed by atoms with Crippen LogP contribution in [0.2, 0.25) is 0 Å². The minimum absolute atomic E-state index is 0.242. The number of hydrogen-bond donors (Lipinski definition) is 2. The molecular formula is C19H25N3O3. The number of aromatic nitrogens is 3. The van der Waals surface area contributed by atoms with Gasteiger partial charge in [-0.15, -0.1) is 0 Å². The average Bonchev–Trinajstić information content (AvgIpc) is 2.87. The number of pyridine rings is 1. The molecule has 134 valence electrons. The highest BCUT2D eigenvalue weighted by atomic mass is 16.5. The molecule has 0 spiro atoms. The number of ether oxygens (including phenoxy) is 1. The van der Waals surface area contributed by atoms with E-state index in [0.29, 0.717) is 13.2 Å². The van der Waals surface area contributed by atoms with Gasteiger partial charge in [0.25, 0.3) is 0 Å². The van der Waals surface area contributed by atoms with Crippen LogP contribution in [0.3, 0.4) is 0 Å². The maximum atomic E-state index is 10.7. The summed E-state index contributed by atoms with van der Waals surface area (Å²) in [6, 6.07) is 5.68. The maximum Gasteiger partial charge on any atom is 0.135 e. The van der Waals surface area contributed by atoms with Crippen LogP contribution in [0.1, 0.15) is 44.7 Å². The summed E-state index contributed by atoms with van der Waals surface area (Å²) in [7, 11) is 1.95. The van der Waals surface area contributed by atoms with Gasteiger partial charge in [0.2, 0.25) is 0 Å². The van der Waals surface area contributed by atoms with E-state index in [-0.39, 0.29) is 6.42 Å². The Bertz CT molecular complexity index is 896. The Hall–Kier alpha value is -2.02. The Morgan fingerprint density at radius 3 is 2.72 bits per heavy atom. The molecule has 1 aromatic carbocycles. The van der Waals surface area contributed by atoms with Crippen LogP contribution >= 0.6 is 0 Å². The van der Waals surface area contributed by atoms with Crippen molar-refractivity contribution >= 4 is 21.9 Å². The van der Waals surface area contributed by atoms with Gasteiger partial charge >= 0.3 is 0 Å². The topological polar surface area (TPSA) is 80.4 Å². The summed E-state index contributed by atoms with van der Waals surface area (Å²) in [5.74, 6) is 0.818. The van der Waals surface area contributed by atoms with E-state index in [9.17, 15) is 10.2 Å². The van der Waals surface area contributed by atoms with Gasteiger partial charge in [0.05, 0.1) is 28.9 Å². The molecule has 6 nitrogen and oxygen atoms in total. The van der Waals surface area contributed by atoms with Crippen LogP contribution in [-0.2, 0) is 18.4 Å². The summed E-state index contributed by atoms with van der Waals surface area (Å²) in [6.07, 6.45) is 1.20. The first-order valence-corrected chi connectivity index (χ1v) is 8.53. The van der Waals surface area contributed by atoms with Crippen molar-refractivity contribution in [1.82, 2.24) is 14.5 Å². The molecule has 0 fully saturated rings. The van der Waals surface area contributed by atoms with Crippen LogP contribution in [0.25, 0.3) is 21.9 Å². The number of aryl methyl sites for hydroxylation is 1. The summed E-state index contributed by atoms with van der Waals surface area (Å²) < 4.78 is 7.49. The highest BCUT2D eigenvalue weighted by molar-refractivity contribution is 6.04. The lowest BCUT2D eigenvalue weighted by atomic mass is 9.93. The zero-order chi connectivity index (χ0) is 18.2. The molecule has 3 aromatic rings. The predicted molar refractivity (Wildman–Crippen MR) is 97.2 cm³/mol. The zero-order valence-electron chi connectivity index (χ0n) is 15.2. The summed E-state index contributed by atoms with van der Waals surface area (Å²) in [4.78, 5) is 9.11. The van der Waals surface area contributed by atoms with E-state index >= 15 is 0 Å². The molecular weight excluding hydrogens is 318 g/mol. The number of nitrogens with zero attached hydrogens (tertiary/aromatic N) is 3. The number of hydrogen-bond acceptors (Lipinski definition) is 5. The summed E-state index contributed by atoms with van der Waals surface area (Å²) >= 11 is 0. The smallest absolute Gasteiger partial charge is 0.135 e. The first-order valence-electron chi connectivity index (χ1n) is 8.53. The van der Waals surface area contributed by atoms with Crippen molar-refractivity contribution in [3.8, 4) is 0 Å². The van der Waals surface area contributed by atoms with Gasteiger partial charge in [0.15, 0.2) is 0 Å². The highest BCUT2D eigenvalue weighted by Gasteiger charge is 2.23. The van der Waals surface area contributed by atoms with Gasteiger partial charge in [0, 0.05) is 25.5 Å². The second-order valence-electron chi connectivity index (χ2n) is 6.99. The lowest BCUT2D eigenvalue weighted by Gasteiger charge is -2.22. The van der Waals surface area contributed by atoms with Crippen molar-refractivity contribution in [3.05, 3.63) is 35.8 Å². The number of imidazole rings is 1. The van der Waals surface area contributed by atoms with E-state index in [1.165, 1.54) is 0 Å². The summed E-state index contributed by atoms with van der Waals surface area (Å²) in [6.45, 7) is 6.39. The number of benzene rings is 1. The molecule has 0 aliphatic heterocycles. The van der Waals surface area contributed by atoms with E-state index in [2.05, 4.69) is 9.97 Å². The summed E-state index contributed by atoms with van der Waals surface area (Å²) in [5, 5.41) is 21.7. The minimum Gasteiger partial charge on any atom is -0.390 e. The van der Waals surface area contributed by atoms with E-state index in [1.54, 1.807) is 20.0 Å². The Labute approximate surface area is 147 Å². The van der Waals surface area contributed by atoms with Crippen molar-refractivity contribution < 1.29 is 14.9 Å². The van der Waals surface area contributed by atoms with Gasteiger partial charge in [-0.05, 0) is 32.4 Å². The molecule has 1 unspecified atom stereocenters. The van der Waals surface area contributed by atoms with E-state index in [4.69, 9.17) is 4.74 Å². The van der Waals surface area contributed by atoms with Crippen molar-refractivity contribution in [3.63, 3.8) is 0 Å². The molecule has 0 bridgehead atoms. The van der Waals surface area contributed by atoms with Gasteiger partial charge in [-0.25, -0.2) is 4.98 Å². The number of aliphatic hydroxyl groups excluding tert-OH is 1. The molecule has 1 atom stereocenters.